The van der Waals surface area contributed by atoms with Crippen LogP contribution in [0.15, 0.2) is 24.3 Å². The average molecular weight is 284 g/mol. The summed E-state index contributed by atoms with van der Waals surface area (Å²) >= 11 is 0. The molecule has 4 N–H and O–H groups in total. The highest BCUT2D eigenvalue weighted by atomic mass is 35.5. The molecular formula is C13H18ClN3O2. The third-order valence-corrected chi connectivity index (χ3v) is 3.33. The molecule has 1 aliphatic heterocycles. The van der Waals surface area contributed by atoms with Gasteiger partial charge >= 0.3 is 0 Å². The SMILES string of the molecule is Cl.NCC1CCCN1C(=O)c1ccc(C(N)=O)cc1. The van der Waals surface area contributed by atoms with Gasteiger partial charge in [-0.15, -0.1) is 12.4 Å². The van der Waals surface area contributed by atoms with Crippen LogP contribution in [-0.2, 0) is 0 Å². The van der Waals surface area contributed by atoms with Crippen LogP contribution in [0, 0.1) is 0 Å². The Morgan fingerprint density at radius 2 is 1.79 bits per heavy atom. The van der Waals surface area contributed by atoms with E-state index < -0.39 is 5.91 Å². The smallest absolute Gasteiger partial charge is 0.254 e. The molecule has 0 radical (unpaired) electrons. The lowest BCUT2D eigenvalue weighted by Crippen LogP contribution is -2.39. The van der Waals surface area contributed by atoms with Crippen molar-refractivity contribution in [1.82, 2.24) is 4.90 Å². The fourth-order valence-corrected chi connectivity index (χ4v) is 2.29. The van der Waals surface area contributed by atoms with Gasteiger partial charge in [0.1, 0.15) is 0 Å². The molecule has 1 unspecified atom stereocenters. The molecule has 1 fully saturated rings. The molecule has 1 aliphatic rings. The Bertz CT molecular complexity index is 461. The summed E-state index contributed by atoms with van der Waals surface area (Å²) in [4.78, 5) is 25.0. The minimum atomic E-state index is -0.491. The lowest BCUT2D eigenvalue weighted by atomic mass is 10.1. The molecule has 1 atom stereocenters. The van der Waals surface area contributed by atoms with E-state index in [1.54, 1.807) is 29.2 Å². The van der Waals surface area contributed by atoms with Crippen LogP contribution >= 0.6 is 12.4 Å². The molecule has 0 bridgehead atoms. The van der Waals surface area contributed by atoms with Crippen molar-refractivity contribution in [2.24, 2.45) is 11.5 Å². The number of rotatable bonds is 3. The van der Waals surface area contributed by atoms with Crippen LogP contribution in [0.2, 0.25) is 0 Å². The Morgan fingerprint density at radius 3 is 2.32 bits per heavy atom. The van der Waals surface area contributed by atoms with E-state index in [0.29, 0.717) is 17.7 Å². The molecule has 0 aromatic heterocycles. The van der Waals surface area contributed by atoms with E-state index in [9.17, 15) is 9.59 Å². The topological polar surface area (TPSA) is 89.4 Å². The maximum Gasteiger partial charge on any atom is 0.254 e. The first-order valence-corrected chi connectivity index (χ1v) is 6.04. The van der Waals surface area contributed by atoms with Gasteiger partial charge in [-0.2, -0.15) is 0 Å². The van der Waals surface area contributed by atoms with Crippen LogP contribution in [0.25, 0.3) is 0 Å². The van der Waals surface area contributed by atoms with Gasteiger partial charge in [-0.25, -0.2) is 0 Å². The monoisotopic (exact) mass is 283 g/mol. The number of likely N-dealkylation sites (tertiary alicyclic amines) is 1. The number of amides is 2. The van der Waals surface area contributed by atoms with Crippen molar-refractivity contribution in [3.8, 4) is 0 Å². The molecule has 104 valence electrons. The number of nitrogens with two attached hydrogens (primary N) is 2. The quantitative estimate of drug-likeness (QED) is 0.859. The molecule has 1 saturated heterocycles. The number of carbonyl (C=O) groups excluding carboxylic acids is 2. The molecule has 0 aliphatic carbocycles. The van der Waals surface area contributed by atoms with Crippen LogP contribution in [0.3, 0.4) is 0 Å². The molecule has 2 amide bonds. The highest BCUT2D eigenvalue weighted by molar-refractivity contribution is 5.97. The fourth-order valence-electron chi connectivity index (χ4n) is 2.29. The maximum absolute atomic E-state index is 12.3. The van der Waals surface area contributed by atoms with E-state index in [1.807, 2.05) is 0 Å². The van der Waals surface area contributed by atoms with Gasteiger partial charge < -0.3 is 16.4 Å². The Morgan fingerprint density at radius 1 is 1.21 bits per heavy atom. The number of hydrogen-bond donors (Lipinski definition) is 2. The summed E-state index contributed by atoms with van der Waals surface area (Å²) in [5.74, 6) is -0.519. The van der Waals surface area contributed by atoms with Crippen molar-refractivity contribution < 1.29 is 9.59 Å². The van der Waals surface area contributed by atoms with Crippen molar-refractivity contribution in [2.75, 3.05) is 13.1 Å². The van der Waals surface area contributed by atoms with Crippen LogP contribution < -0.4 is 11.5 Å². The highest BCUT2D eigenvalue weighted by Crippen LogP contribution is 2.19. The van der Waals surface area contributed by atoms with E-state index in [0.717, 1.165) is 19.4 Å². The predicted octanol–water partition coefficient (Wildman–Crippen LogP) is 0.771. The minimum absolute atomic E-state index is 0. The number of halogens is 1. The zero-order chi connectivity index (χ0) is 13.1. The molecule has 0 saturated carbocycles. The molecule has 1 aromatic carbocycles. The Hall–Kier alpha value is -1.59. The summed E-state index contributed by atoms with van der Waals surface area (Å²) in [7, 11) is 0. The zero-order valence-electron chi connectivity index (χ0n) is 10.5. The lowest BCUT2D eigenvalue weighted by molar-refractivity contribution is 0.0740. The van der Waals surface area contributed by atoms with Crippen LogP contribution in [-0.4, -0.2) is 35.8 Å². The second kappa shape index (κ2) is 6.54. The largest absolute Gasteiger partial charge is 0.366 e. The summed E-state index contributed by atoms with van der Waals surface area (Å²) in [5.41, 5.74) is 11.8. The second-order valence-electron chi connectivity index (χ2n) is 4.47. The van der Waals surface area contributed by atoms with E-state index in [1.165, 1.54) is 0 Å². The molecule has 1 aromatic rings. The summed E-state index contributed by atoms with van der Waals surface area (Å²) in [6.07, 6.45) is 1.95. The van der Waals surface area contributed by atoms with Crippen molar-refractivity contribution in [3.63, 3.8) is 0 Å². The normalized spacial score (nSPS) is 17.9. The number of hydrogen-bond acceptors (Lipinski definition) is 3. The van der Waals surface area contributed by atoms with Gasteiger partial charge in [-0.1, -0.05) is 0 Å². The van der Waals surface area contributed by atoms with Gasteiger partial charge in [0.15, 0.2) is 0 Å². The van der Waals surface area contributed by atoms with Gasteiger partial charge in [0.2, 0.25) is 5.91 Å². The van der Waals surface area contributed by atoms with Gasteiger partial charge in [-0.3, -0.25) is 9.59 Å². The predicted molar refractivity (Wildman–Crippen MR) is 75.3 cm³/mol. The highest BCUT2D eigenvalue weighted by Gasteiger charge is 2.28. The average Bonchev–Trinajstić information content (AvgIpc) is 2.86. The maximum atomic E-state index is 12.3. The number of nitrogens with zero attached hydrogens (tertiary/aromatic N) is 1. The Kier molecular flexibility index (Phi) is 5.32. The van der Waals surface area contributed by atoms with Crippen LogP contribution in [0.4, 0.5) is 0 Å². The number of primary amides is 1. The van der Waals surface area contributed by atoms with Gasteiger partial charge in [0.05, 0.1) is 0 Å². The van der Waals surface area contributed by atoms with E-state index in [-0.39, 0.29) is 24.4 Å². The summed E-state index contributed by atoms with van der Waals surface area (Å²) in [6.45, 7) is 1.24. The van der Waals surface area contributed by atoms with Gasteiger partial charge in [0.25, 0.3) is 5.91 Å². The van der Waals surface area contributed by atoms with E-state index in [4.69, 9.17) is 11.5 Å². The summed E-state index contributed by atoms with van der Waals surface area (Å²) < 4.78 is 0. The van der Waals surface area contributed by atoms with Crippen molar-refractivity contribution >= 4 is 24.2 Å². The third-order valence-electron chi connectivity index (χ3n) is 3.33. The molecule has 5 nitrogen and oxygen atoms in total. The molecule has 2 rings (SSSR count). The third kappa shape index (κ3) is 3.24. The first-order chi connectivity index (χ1) is 8.63. The minimum Gasteiger partial charge on any atom is -0.366 e. The molecular weight excluding hydrogens is 266 g/mol. The van der Waals surface area contributed by atoms with Crippen molar-refractivity contribution in [1.29, 1.82) is 0 Å². The molecule has 0 spiro atoms. The van der Waals surface area contributed by atoms with Crippen molar-refractivity contribution in [2.45, 2.75) is 18.9 Å². The van der Waals surface area contributed by atoms with Gasteiger partial charge in [0, 0.05) is 30.3 Å². The van der Waals surface area contributed by atoms with Crippen molar-refractivity contribution in [3.05, 3.63) is 35.4 Å². The molecule has 19 heavy (non-hydrogen) atoms. The Labute approximate surface area is 118 Å². The van der Waals surface area contributed by atoms with Crippen LogP contribution in [0.1, 0.15) is 33.6 Å². The first-order valence-electron chi connectivity index (χ1n) is 6.04. The second-order valence-corrected chi connectivity index (χ2v) is 4.47. The first kappa shape index (κ1) is 15.5. The fraction of sp³-hybridized carbons (Fsp3) is 0.385. The van der Waals surface area contributed by atoms with E-state index in [2.05, 4.69) is 0 Å². The Balaban J connectivity index is 0.00000180. The summed E-state index contributed by atoms with van der Waals surface area (Å²) in [5, 5.41) is 0. The number of benzene rings is 1. The standard InChI is InChI=1S/C13H17N3O2.ClH/c14-8-11-2-1-7-16(11)13(18)10-5-3-9(4-6-10)12(15)17;/h3-6,11H,1-2,7-8,14H2,(H2,15,17);1H. The zero-order valence-corrected chi connectivity index (χ0v) is 11.4. The lowest BCUT2D eigenvalue weighted by Gasteiger charge is -2.23. The summed E-state index contributed by atoms with van der Waals surface area (Å²) in [6, 6.07) is 6.54. The van der Waals surface area contributed by atoms with Gasteiger partial charge in [-0.05, 0) is 37.1 Å². The van der Waals surface area contributed by atoms with Crippen LogP contribution in [0.5, 0.6) is 0 Å². The van der Waals surface area contributed by atoms with E-state index >= 15 is 0 Å². The molecule has 1 heterocycles. The number of carbonyl (C=O) groups is 2. The molecule has 6 heteroatoms.